The van der Waals surface area contributed by atoms with E-state index < -0.39 is 0 Å². The van der Waals surface area contributed by atoms with Crippen molar-refractivity contribution in [3.05, 3.63) is 29.6 Å². The predicted octanol–water partition coefficient (Wildman–Crippen LogP) is 2.75. The molecule has 2 heterocycles. The van der Waals surface area contributed by atoms with Gasteiger partial charge >= 0.3 is 0 Å². The summed E-state index contributed by atoms with van der Waals surface area (Å²) in [4.78, 5) is 8.97. The van der Waals surface area contributed by atoms with Crippen LogP contribution in [0.3, 0.4) is 0 Å². The van der Waals surface area contributed by atoms with Crippen LogP contribution in [0.5, 0.6) is 0 Å². The van der Waals surface area contributed by atoms with Crippen molar-refractivity contribution in [2.75, 3.05) is 5.75 Å². The van der Waals surface area contributed by atoms with Crippen LogP contribution in [0.15, 0.2) is 23.3 Å². The van der Waals surface area contributed by atoms with Gasteiger partial charge in [-0.3, -0.25) is 9.98 Å². The Morgan fingerprint density at radius 1 is 1.44 bits per heavy atom. The molecule has 0 radical (unpaired) electrons. The normalized spacial score (nSPS) is 29.1. The molecule has 2 fully saturated rings. The molecule has 1 aliphatic carbocycles. The highest BCUT2D eigenvalue weighted by Crippen LogP contribution is 2.32. The Labute approximate surface area is 112 Å². The number of pyridine rings is 1. The van der Waals surface area contributed by atoms with Crippen LogP contribution < -0.4 is 5.32 Å². The molecule has 18 heavy (non-hydrogen) atoms. The molecule has 1 aromatic heterocycles. The van der Waals surface area contributed by atoms with Gasteiger partial charge in [0.1, 0.15) is 0 Å². The van der Waals surface area contributed by atoms with Crippen molar-refractivity contribution in [2.24, 2.45) is 10.9 Å². The third-order valence-corrected chi connectivity index (χ3v) is 4.90. The first-order chi connectivity index (χ1) is 8.81. The van der Waals surface area contributed by atoms with Crippen molar-refractivity contribution >= 4 is 16.9 Å². The highest BCUT2D eigenvalue weighted by molar-refractivity contribution is 8.13. The molecule has 1 aliphatic heterocycles. The zero-order valence-electron chi connectivity index (χ0n) is 10.7. The van der Waals surface area contributed by atoms with Crippen molar-refractivity contribution in [3.8, 4) is 0 Å². The van der Waals surface area contributed by atoms with Gasteiger partial charge in [-0.05, 0) is 37.3 Å². The fraction of sp³-hybridized carbons (Fsp3) is 0.571. The summed E-state index contributed by atoms with van der Waals surface area (Å²) in [6.45, 7) is 2.74. The van der Waals surface area contributed by atoms with Gasteiger partial charge in [0, 0.05) is 23.7 Å². The predicted molar refractivity (Wildman–Crippen MR) is 76.8 cm³/mol. The first-order valence-electron chi connectivity index (χ1n) is 6.66. The van der Waals surface area contributed by atoms with Crippen LogP contribution in [0, 0.1) is 12.8 Å². The smallest absolute Gasteiger partial charge is 0.157 e. The van der Waals surface area contributed by atoms with Crippen LogP contribution in [0.1, 0.15) is 30.5 Å². The molecule has 1 aromatic rings. The summed E-state index contributed by atoms with van der Waals surface area (Å²) in [5.41, 5.74) is 2.24. The van der Waals surface area contributed by atoms with E-state index in [-0.39, 0.29) is 0 Å². The number of aryl methyl sites for hydroxylation is 1. The van der Waals surface area contributed by atoms with Gasteiger partial charge in [-0.15, -0.1) is 0 Å². The SMILES string of the molecule is Cc1ccc(CN=C2NC3CCCC3CS2)cn1. The van der Waals surface area contributed by atoms with Crippen LogP contribution >= 0.6 is 11.8 Å². The van der Waals surface area contributed by atoms with E-state index in [9.17, 15) is 0 Å². The fourth-order valence-electron chi connectivity index (χ4n) is 2.66. The maximum absolute atomic E-state index is 4.67. The Morgan fingerprint density at radius 3 is 3.22 bits per heavy atom. The van der Waals surface area contributed by atoms with Crippen LogP contribution in [0.25, 0.3) is 0 Å². The van der Waals surface area contributed by atoms with E-state index >= 15 is 0 Å². The monoisotopic (exact) mass is 261 g/mol. The van der Waals surface area contributed by atoms with E-state index in [1.54, 1.807) is 0 Å². The summed E-state index contributed by atoms with van der Waals surface area (Å²) >= 11 is 1.88. The Morgan fingerprint density at radius 2 is 2.39 bits per heavy atom. The lowest BCUT2D eigenvalue weighted by atomic mass is 10.1. The molecule has 3 nitrogen and oxygen atoms in total. The van der Waals surface area contributed by atoms with Gasteiger partial charge in [-0.1, -0.05) is 24.2 Å². The third-order valence-electron chi connectivity index (χ3n) is 3.78. The summed E-state index contributed by atoms with van der Waals surface area (Å²) in [7, 11) is 0. The molecule has 1 saturated carbocycles. The number of aromatic nitrogens is 1. The Bertz CT molecular complexity index is 441. The lowest BCUT2D eigenvalue weighted by Crippen LogP contribution is -2.41. The Kier molecular flexibility index (Phi) is 3.55. The standard InChI is InChI=1S/C14H19N3S/c1-10-5-6-11(7-15-10)8-16-14-17-13-4-2-3-12(13)9-18-14/h5-7,12-13H,2-4,8-9H2,1H3,(H,16,17). The van der Waals surface area contributed by atoms with Gasteiger partial charge in [-0.2, -0.15) is 0 Å². The van der Waals surface area contributed by atoms with Gasteiger partial charge in [0.05, 0.1) is 6.54 Å². The molecule has 0 spiro atoms. The maximum atomic E-state index is 4.67. The topological polar surface area (TPSA) is 37.3 Å². The van der Waals surface area contributed by atoms with E-state index in [0.717, 1.165) is 23.3 Å². The Hall–Kier alpha value is -1.03. The fourth-order valence-corrected chi connectivity index (χ4v) is 3.82. The average Bonchev–Trinajstić information content (AvgIpc) is 2.85. The minimum Gasteiger partial charge on any atom is -0.362 e. The zero-order chi connectivity index (χ0) is 12.4. The number of rotatable bonds is 2. The second-order valence-electron chi connectivity index (χ2n) is 5.18. The number of thioether (sulfide) groups is 1. The minimum absolute atomic E-state index is 0.682. The average molecular weight is 261 g/mol. The van der Waals surface area contributed by atoms with Crippen LogP contribution in [0.2, 0.25) is 0 Å². The molecule has 0 bridgehead atoms. The van der Waals surface area contributed by atoms with Crippen molar-refractivity contribution < 1.29 is 0 Å². The second-order valence-corrected chi connectivity index (χ2v) is 6.19. The Balaban J connectivity index is 1.61. The van der Waals surface area contributed by atoms with E-state index in [2.05, 4.69) is 21.4 Å². The molecule has 96 valence electrons. The van der Waals surface area contributed by atoms with Crippen LogP contribution in [0.4, 0.5) is 0 Å². The van der Waals surface area contributed by atoms with E-state index in [4.69, 9.17) is 0 Å². The van der Waals surface area contributed by atoms with Gasteiger partial charge in [0.15, 0.2) is 5.17 Å². The van der Waals surface area contributed by atoms with E-state index in [0.29, 0.717) is 6.04 Å². The molecule has 2 aliphatic rings. The molecule has 0 amide bonds. The molecule has 3 rings (SSSR count). The minimum atomic E-state index is 0.682. The van der Waals surface area contributed by atoms with E-state index in [1.165, 1.54) is 30.6 Å². The van der Waals surface area contributed by atoms with Gasteiger partial charge in [0.25, 0.3) is 0 Å². The largest absolute Gasteiger partial charge is 0.362 e. The molecular weight excluding hydrogens is 242 g/mol. The summed E-state index contributed by atoms with van der Waals surface area (Å²) in [6.07, 6.45) is 6.00. The number of hydrogen-bond acceptors (Lipinski definition) is 3. The summed E-state index contributed by atoms with van der Waals surface area (Å²) < 4.78 is 0. The number of nitrogens with one attached hydrogen (secondary N) is 1. The zero-order valence-corrected chi connectivity index (χ0v) is 11.5. The van der Waals surface area contributed by atoms with E-state index in [1.807, 2.05) is 30.9 Å². The summed E-state index contributed by atoms with van der Waals surface area (Å²) in [6, 6.07) is 4.84. The number of aliphatic imine (C=N–C) groups is 1. The molecule has 2 atom stereocenters. The molecular formula is C14H19N3S. The van der Waals surface area contributed by atoms with Gasteiger partial charge in [-0.25, -0.2) is 0 Å². The number of nitrogens with zero attached hydrogens (tertiary/aromatic N) is 2. The number of amidine groups is 1. The molecule has 1 saturated heterocycles. The van der Waals surface area contributed by atoms with Crippen molar-refractivity contribution in [1.82, 2.24) is 10.3 Å². The van der Waals surface area contributed by atoms with Crippen molar-refractivity contribution in [1.29, 1.82) is 0 Å². The van der Waals surface area contributed by atoms with Crippen molar-refractivity contribution in [3.63, 3.8) is 0 Å². The van der Waals surface area contributed by atoms with Crippen molar-refractivity contribution in [2.45, 2.75) is 38.8 Å². The molecule has 4 heteroatoms. The molecule has 0 aromatic carbocycles. The third kappa shape index (κ3) is 2.69. The highest BCUT2D eigenvalue weighted by Gasteiger charge is 2.31. The van der Waals surface area contributed by atoms with Crippen LogP contribution in [-0.4, -0.2) is 21.9 Å². The number of hydrogen-bond donors (Lipinski definition) is 1. The summed E-state index contributed by atoms with van der Waals surface area (Å²) in [5.74, 6) is 2.11. The molecule has 1 N–H and O–H groups in total. The van der Waals surface area contributed by atoms with Crippen LogP contribution in [-0.2, 0) is 6.54 Å². The summed E-state index contributed by atoms with van der Waals surface area (Å²) in [5, 5.41) is 4.71. The quantitative estimate of drug-likeness (QED) is 0.889. The number of fused-ring (bicyclic) bond motifs is 1. The lowest BCUT2D eigenvalue weighted by molar-refractivity contribution is 0.489. The highest BCUT2D eigenvalue weighted by atomic mass is 32.2. The first-order valence-corrected chi connectivity index (χ1v) is 7.65. The lowest BCUT2D eigenvalue weighted by Gasteiger charge is -2.28. The molecule has 2 unspecified atom stereocenters. The second kappa shape index (κ2) is 5.31. The van der Waals surface area contributed by atoms with Gasteiger partial charge < -0.3 is 5.32 Å². The maximum Gasteiger partial charge on any atom is 0.157 e. The first kappa shape index (κ1) is 12.0. The van der Waals surface area contributed by atoms with Gasteiger partial charge in [0.2, 0.25) is 0 Å².